The molecule has 0 unspecified atom stereocenters. The van der Waals surface area contributed by atoms with Gasteiger partial charge in [0, 0.05) is 7.05 Å². The number of hydrogen-bond acceptors (Lipinski definition) is 4. The third-order valence-electron chi connectivity index (χ3n) is 3.47. The molecule has 0 spiro atoms. The maximum Gasteiger partial charge on any atom is 0.410 e. The van der Waals surface area contributed by atoms with Crippen LogP contribution in [0.25, 0.3) is 0 Å². The number of esters is 1. The van der Waals surface area contributed by atoms with Gasteiger partial charge in [0.25, 0.3) is 0 Å². The molecule has 0 rings (SSSR count). The normalized spacial score (nSPS) is 9.96. The summed E-state index contributed by atoms with van der Waals surface area (Å²) in [7, 11) is 1.47. The molecule has 0 aliphatic heterocycles. The maximum absolute atomic E-state index is 11.6. The molecular formula is C18H31NO4. The summed E-state index contributed by atoms with van der Waals surface area (Å²) in [4.78, 5) is 24.1. The van der Waals surface area contributed by atoms with E-state index in [1.165, 1.54) is 52.0 Å². The molecule has 0 radical (unpaired) electrons. The van der Waals surface area contributed by atoms with Crippen molar-refractivity contribution in [1.29, 1.82) is 0 Å². The summed E-state index contributed by atoms with van der Waals surface area (Å²) in [5, 5.41) is 0. The van der Waals surface area contributed by atoms with Crippen molar-refractivity contribution in [1.82, 2.24) is 4.90 Å². The molecular weight excluding hydrogens is 294 g/mol. The van der Waals surface area contributed by atoms with Crippen molar-refractivity contribution in [3.8, 4) is 12.3 Å². The molecule has 23 heavy (non-hydrogen) atoms. The molecule has 0 fully saturated rings. The number of unbranched alkanes of at least 4 members (excludes halogenated alkanes) is 8. The van der Waals surface area contributed by atoms with Crippen LogP contribution in [0.3, 0.4) is 0 Å². The minimum absolute atomic E-state index is 0.101. The topological polar surface area (TPSA) is 55.8 Å². The number of amides is 1. The first-order chi connectivity index (χ1) is 11.1. The highest BCUT2D eigenvalue weighted by Crippen LogP contribution is 2.09. The van der Waals surface area contributed by atoms with Crippen molar-refractivity contribution in [2.45, 2.75) is 64.7 Å². The van der Waals surface area contributed by atoms with Gasteiger partial charge in [-0.15, -0.1) is 6.42 Å². The monoisotopic (exact) mass is 325 g/mol. The molecule has 0 N–H and O–H groups in total. The SMILES string of the molecule is C#CCOC(=O)N(C)CC(=O)OCCCCCCCCCCC. The molecule has 0 bridgehead atoms. The van der Waals surface area contributed by atoms with Gasteiger partial charge < -0.3 is 14.4 Å². The van der Waals surface area contributed by atoms with Gasteiger partial charge in [-0.3, -0.25) is 4.79 Å². The summed E-state index contributed by atoms with van der Waals surface area (Å²) in [5.41, 5.74) is 0. The third-order valence-corrected chi connectivity index (χ3v) is 3.47. The van der Waals surface area contributed by atoms with E-state index in [9.17, 15) is 9.59 Å². The van der Waals surface area contributed by atoms with E-state index in [4.69, 9.17) is 15.9 Å². The largest absolute Gasteiger partial charge is 0.464 e. The summed E-state index contributed by atoms with van der Waals surface area (Å²) in [5.74, 6) is 1.77. The van der Waals surface area contributed by atoms with E-state index in [0.29, 0.717) is 6.61 Å². The zero-order valence-corrected chi connectivity index (χ0v) is 14.6. The molecule has 0 aromatic carbocycles. The van der Waals surface area contributed by atoms with E-state index in [2.05, 4.69) is 12.8 Å². The second-order valence-electron chi connectivity index (χ2n) is 5.66. The summed E-state index contributed by atoms with van der Waals surface area (Å²) >= 11 is 0. The number of rotatable bonds is 13. The van der Waals surface area contributed by atoms with Gasteiger partial charge in [-0.05, 0) is 6.42 Å². The molecule has 132 valence electrons. The van der Waals surface area contributed by atoms with Crippen LogP contribution in [0.4, 0.5) is 4.79 Å². The number of nitrogens with zero attached hydrogens (tertiary/aromatic N) is 1. The summed E-state index contributed by atoms with van der Waals surface area (Å²) in [6.45, 7) is 2.40. The first kappa shape index (κ1) is 21.3. The molecule has 1 amide bonds. The fourth-order valence-electron chi connectivity index (χ4n) is 2.12. The summed E-state index contributed by atoms with van der Waals surface area (Å²) in [6.07, 6.45) is 15.3. The number of ether oxygens (including phenoxy) is 2. The average molecular weight is 325 g/mol. The van der Waals surface area contributed by atoms with Crippen LogP contribution in [-0.4, -0.2) is 43.8 Å². The van der Waals surface area contributed by atoms with Gasteiger partial charge in [0.05, 0.1) is 6.61 Å². The van der Waals surface area contributed by atoms with Crippen LogP contribution in [0.2, 0.25) is 0 Å². The highest BCUT2D eigenvalue weighted by molar-refractivity contribution is 5.77. The molecule has 5 heteroatoms. The lowest BCUT2D eigenvalue weighted by atomic mass is 10.1. The molecule has 0 aromatic rings. The van der Waals surface area contributed by atoms with Crippen LogP contribution < -0.4 is 0 Å². The summed E-state index contributed by atoms with van der Waals surface area (Å²) < 4.78 is 9.80. The zero-order chi connectivity index (χ0) is 17.3. The predicted octanol–water partition coefficient (Wildman–Crippen LogP) is 3.76. The predicted molar refractivity (Wildman–Crippen MR) is 91.0 cm³/mol. The van der Waals surface area contributed by atoms with Crippen molar-refractivity contribution in [3.63, 3.8) is 0 Å². The first-order valence-corrected chi connectivity index (χ1v) is 8.58. The van der Waals surface area contributed by atoms with Crippen LogP contribution in [0, 0.1) is 12.3 Å². The van der Waals surface area contributed by atoms with Crippen molar-refractivity contribution in [2.24, 2.45) is 0 Å². The van der Waals surface area contributed by atoms with Gasteiger partial charge in [0.1, 0.15) is 6.54 Å². The number of hydrogen-bond donors (Lipinski definition) is 0. The highest BCUT2D eigenvalue weighted by Gasteiger charge is 2.14. The van der Waals surface area contributed by atoms with Crippen molar-refractivity contribution < 1.29 is 19.1 Å². The minimum Gasteiger partial charge on any atom is -0.464 e. The van der Waals surface area contributed by atoms with Gasteiger partial charge in [0.15, 0.2) is 6.61 Å². The van der Waals surface area contributed by atoms with E-state index in [1.807, 2.05) is 0 Å². The van der Waals surface area contributed by atoms with Crippen LogP contribution in [0.1, 0.15) is 64.7 Å². The lowest BCUT2D eigenvalue weighted by Crippen LogP contribution is -2.33. The molecule has 0 atom stereocenters. The smallest absolute Gasteiger partial charge is 0.410 e. The maximum atomic E-state index is 11.6. The Morgan fingerprint density at radius 2 is 1.52 bits per heavy atom. The van der Waals surface area contributed by atoms with E-state index < -0.39 is 12.1 Å². The number of terminal acetylenes is 1. The van der Waals surface area contributed by atoms with Crippen LogP contribution >= 0.6 is 0 Å². The van der Waals surface area contributed by atoms with Crippen LogP contribution in [0.15, 0.2) is 0 Å². The Balaban J connectivity index is 3.46. The Kier molecular flexibility index (Phi) is 14.1. The standard InChI is InChI=1S/C18H31NO4/c1-4-6-7-8-9-10-11-12-13-15-22-17(20)16-19(3)18(21)23-14-5-2/h2H,4,6-16H2,1,3H3. The molecule has 0 heterocycles. The zero-order valence-electron chi connectivity index (χ0n) is 14.6. The Morgan fingerprint density at radius 3 is 2.09 bits per heavy atom. The van der Waals surface area contributed by atoms with Crippen LogP contribution in [-0.2, 0) is 14.3 Å². The second-order valence-corrected chi connectivity index (χ2v) is 5.66. The van der Waals surface area contributed by atoms with Gasteiger partial charge in [-0.2, -0.15) is 0 Å². The van der Waals surface area contributed by atoms with Gasteiger partial charge >= 0.3 is 12.1 Å². The fraction of sp³-hybridized carbons (Fsp3) is 0.778. The molecule has 0 aliphatic rings. The van der Waals surface area contributed by atoms with Gasteiger partial charge in [-0.25, -0.2) is 4.79 Å². The quantitative estimate of drug-likeness (QED) is 0.294. The molecule has 0 saturated heterocycles. The molecule has 0 aliphatic carbocycles. The number of carbonyl (C=O) groups is 2. The van der Waals surface area contributed by atoms with E-state index in [0.717, 1.165) is 17.7 Å². The van der Waals surface area contributed by atoms with Crippen molar-refractivity contribution in [2.75, 3.05) is 26.8 Å². The van der Waals surface area contributed by atoms with E-state index >= 15 is 0 Å². The lowest BCUT2D eigenvalue weighted by molar-refractivity contribution is -0.144. The van der Waals surface area contributed by atoms with E-state index in [-0.39, 0.29) is 13.2 Å². The molecule has 5 nitrogen and oxygen atoms in total. The van der Waals surface area contributed by atoms with Crippen molar-refractivity contribution in [3.05, 3.63) is 0 Å². The van der Waals surface area contributed by atoms with Gasteiger partial charge in [-0.1, -0.05) is 64.2 Å². The highest BCUT2D eigenvalue weighted by atomic mass is 16.6. The Labute approximate surface area is 140 Å². The Bertz CT molecular complexity index is 363. The third kappa shape index (κ3) is 13.7. The number of likely N-dealkylation sites (N-methyl/N-ethyl adjacent to an activating group) is 1. The lowest BCUT2D eigenvalue weighted by Gasteiger charge is -2.15. The second kappa shape index (κ2) is 15.2. The Morgan fingerprint density at radius 1 is 0.957 bits per heavy atom. The van der Waals surface area contributed by atoms with Crippen LogP contribution in [0.5, 0.6) is 0 Å². The fourth-order valence-corrected chi connectivity index (χ4v) is 2.12. The summed E-state index contributed by atoms with van der Waals surface area (Å²) in [6, 6.07) is 0. The van der Waals surface area contributed by atoms with Gasteiger partial charge in [0.2, 0.25) is 0 Å². The average Bonchev–Trinajstić information content (AvgIpc) is 2.54. The Hall–Kier alpha value is -1.70. The van der Waals surface area contributed by atoms with Crippen molar-refractivity contribution >= 4 is 12.1 Å². The molecule has 0 saturated carbocycles. The number of carbonyl (C=O) groups excluding carboxylic acids is 2. The minimum atomic E-state index is -0.622. The molecule has 0 aromatic heterocycles. The van der Waals surface area contributed by atoms with E-state index in [1.54, 1.807) is 0 Å². The first-order valence-electron chi connectivity index (χ1n) is 8.58.